The molecule has 0 spiro atoms. The predicted octanol–water partition coefficient (Wildman–Crippen LogP) is 1.27. The van der Waals surface area contributed by atoms with E-state index in [1.165, 1.54) is 0 Å². The second-order valence-corrected chi connectivity index (χ2v) is 5.33. The molecule has 5 heteroatoms. The lowest BCUT2D eigenvalue weighted by Gasteiger charge is -2.45. The van der Waals surface area contributed by atoms with Gasteiger partial charge in [0.2, 0.25) is 5.91 Å². The number of carboxylic acids is 1. The zero-order valence-electron chi connectivity index (χ0n) is 10.9. The van der Waals surface area contributed by atoms with E-state index in [4.69, 9.17) is 9.84 Å². The van der Waals surface area contributed by atoms with E-state index in [0.717, 1.165) is 25.7 Å². The molecule has 0 aromatic rings. The maximum atomic E-state index is 12.5. The summed E-state index contributed by atoms with van der Waals surface area (Å²) in [4.78, 5) is 25.0. The van der Waals surface area contributed by atoms with Gasteiger partial charge in [-0.3, -0.25) is 9.59 Å². The maximum absolute atomic E-state index is 12.5. The van der Waals surface area contributed by atoms with Crippen LogP contribution in [0.2, 0.25) is 0 Å². The molecule has 1 atom stereocenters. The fraction of sp³-hybridized carbons (Fsp3) is 0.846. The Morgan fingerprint density at radius 1 is 1.44 bits per heavy atom. The van der Waals surface area contributed by atoms with Gasteiger partial charge < -0.3 is 14.7 Å². The van der Waals surface area contributed by atoms with Crippen LogP contribution in [0.4, 0.5) is 0 Å². The second-order valence-electron chi connectivity index (χ2n) is 5.33. The highest BCUT2D eigenvalue weighted by Crippen LogP contribution is 2.45. The first-order valence-corrected chi connectivity index (χ1v) is 6.70. The number of rotatable bonds is 4. The fourth-order valence-corrected chi connectivity index (χ4v) is 2.88. The number of carbonyl (C=O) groups excluding carboxylic acids is 1. The van der Waals surface area contributed by atoms with E-state index < -0.39 is 5.97 Å². The van der Waals surface area contributed by atoms with Crippen molar-refractivity contribution >= 4 is 11.9 Å². The molecule has 0 aromatic heterocycles. The van der Waals surface area contributed by atoms with E-state index in [9.17, 15) is 9.59 Å². The average Bonchev–Trinajstić information content (AvgIpc) is 2.27. The van der Waals surface area contributed by atoms with Gasteiger partial charge in [0.15, 0.2) is 0 Å². The number of amides is 1. The van der Waals surface area contributed by atoms with Crippen LogP contribution in [0.3, 0.4) is 0 Å². The minimum absolute atomic E-state index is 0.0249. The number of hydrogen-bond acceptors (Lipinski definition) is 3. The Balaban J connectivity index is 1.96. The minimum Gasteiger partial charge on any atom is -0.481 e. The predicted molar refractivity (Wildman–Crippen MR) is 65.1 cm³/mol. The van der Waals surface area contributed by atoms with Crippen LogP contribution in [-0.4, -0.2) is 47.7 Å². The molecule has 2 aliphatic rings. The monoisotopic (exact) mass is 255 g/mol. The highest BCUT2D eigenvalue weighted by Gasteiger charge is 2.45. The van der Waals surface area contributed by atoms with E-state index in [0.29, 0.717) is 19.7 Å². The molecule has 0 unspecified atom stereocenters. The number of morpholine rings is 1. The van der Waals surface area contributed by atoms with Gasteiger partial charge in [0.05, 0.1) is 19.1 Å². The third-order valence-corrected chi connectivity index (χ3v) is 4.27. The Hall–Kier alpha value is -1.10. The van der Waals surface area contributed by atoms with Gasteiger partial charge in [-0.15, -0.1) is 0 Å². The topological polar surface area (TPSA) is 66.8 Å². The molecule has 5 nitrogen and oxygen atoms in total. The van der Waals surface area contributed by atoms with Gasteiger partial charge in [-0.05, 0) is 19.3 Å². The van der Waals surface area contributed by atoms with Crippen LogP contribution >= 0.6 is 0 Å². The zero-order valence-corrected chi connectivity index (χ0v) is 10.9. The molecule has 1 N–H and O–H groups in total. The number of carbonyl (C=O) groups is 2. The Bertz CT molecular complexity index is 332. The van der Waals surface area contributed by atoms with Gasteiger partial charge in [-0.1, -0.05) is 13.3 Å². The first-order chi connectivity index (χ1) is 8.57. The molecule has 102 valence electrons. The summed E-state index contributed by atoms with van der Waals surface area (Å²) in [6, 6.07) is 0. The molecular weight excluding hydrogens is 234 g/mol. The molecule has 1 saturated carbocycles. The highest BCUT2D eigenvalue weighted by molar-refractivity contribution is 5.83. The molecule has 0 bridgehead atoms. The van der Waals surface area contributed by atoms with E-state index in [1.54, 1.807) is 4.90 Å². The van der Waals surface area contributed by atoms with Gasteiger partial charge in [-0.2, -0.15) is 0 Å². The number of aliphatic carboxylic acids is 1. The molecule has 1 heterocycles. The number of ether oxygens (including phenoxy) is 1. The third kappa shape index (κ3) is 2.51. The maximum Gasteiger partial charge on any atom is 0.306 e. The van der Waals surface area contributed by atoms with Crippen LogP contribution in [0.25, 0.3) is 0 Å². The van der Waals surface area contributed by atoms with E-state index in [-0.39, 0.29) is 23.8 Å². The van der Waals surface area contributed by atoms with Gasteiger partial charge >= 0.3 is 5.97 Å². The van der Waals surface area contributed by atoms with Crippen LogP contribution < -0.4 is 0 Å². The Kier molecular flexibility index (Phi) is 3.90. The van der Waals surface area contributed by atoms with E-state index in [2.05, 4.69) is 6.92 Å². The lowest BCUT2D eigenvalue weighted by molar-refractivity contribution is -0.158. The first kappa shape index (κ1) is 13.3. The Labute approximate surface area is 107 Å². The third-order valence-electron chi connectivity index (χ3n) is 4.27. The van der Waals surface area contributed by atoms with Crippen molar-refractivity contribution in [3.8, 4) is 0 Å². The van der Waals surface area contributed by atoms with Gasteiger partial charge in [0.25, 0.3) is 0 Å². The molecule has 1 saturated heterocycles. The molecule has 2 rings (SSSR count). The smallest absolute Gasteiger partial charge is 0.306 e. The molecule has 0 aromatic carbocycles. The summed E-state index contributed by atoms with van der Waals surface area (Å²) >= 11 is 0. The normalized spacial score (nSPS) is 26.5. The summed E-state index contributed by atoms with van der Waals surface area (Å²) in [6.45, 7) is 3.53. The quantitative estimate of drug-likeness (QED) is 0.821. The number of nitrogens with zero attached hydrogens (tertiary/aromatic N) is 1. The van der Waals surface area contributed by atoms with E-state index >= 15 is 0 Å². The fourth-order valence-electron chi connectivity index (χ4n) is 2.88. The van der Waals surface area contributed by atoms with Crippen molar-refractivity contribution in [3.05, 3.63) is 0 Å². The van der Waals surface area contributed by atoms with Crippen molar-refractivity contribution in [2.75, 3.05) is 19.7 Å². The van der Waals surface area contributed by atoms with Crippen molar-refractivity contribution in [1.82, 2.24) is 4.90 Å². The number of carboxylic acid groups (broad SMARTS) is 1. The van der Waals surface area contributed by atoms with Gasteiger partial charge in [0, 0.05) is 18.5 Å². The molecule has 0 radical (unpaired) electrons. The largest absolute Gasteiger partial charge is 0.481 e. The van der Waals surface area contributed by atoms with Crippen molar-refractivity contribution in [1.29, 1.82) is 0 Å². The minimum atomic E-state index is -0.872. The van der Waals surface area contributed by atoms with Gasteiger partial charge in [0.1, 0.15) is 0 Å². The Morgan fingerprint density at radius 3 is 2.67 bits per heavy atom. The first-order valence-electron chi connectivity index (χ1n) is 6.70. The molecule has 2 fully saturated rings. The summed E-state index contributed by atoms with van der Waals surface area (Å²) < 4.78 is 5.39. The van der Waals surface area contributed by atoms with Crippen LogP contribution in [0.5, 0.6) is 0 Å². The summed E-state index contributed by atoms with van der Waals surface area (Å²) in [5, 5.41) is 8.77. The standard InChI is InChI=1S/C13H21NO4/c1-2-13(4-3-5-13)12(17)14-6-7-18-10(9-14)8-11(15)16/h10H,2-9H2,1H3,(H,15,16)/t10-/m1/s1. The van der Waals surface area contributed by atoms with Crippen molar-refractivity contribution < 1.29 is 19.4 Å². The van der Waals surface area contributed by atoms with Crippen molar-refractivity contribution in [2.24, 2.45) is 5.41 Å². The van der Waals surface area contributed by atoms with Crippen LogP contribution in [-0.2, 0) is 14.3 Å². The zero-order chi connectivity index (χ0) is 13.2. The summed E-state index contributed by atoms with van der Waals surface area (Å²) in [5.74, 6) is -0.668. The summed E-state index contributed by atoms with van der Waals surface area (Å²) in [5.41, 5.74) is -0.162. The molecule has 18 heavy (non-hydrogen) atoms. The van der Waals surface area contributed by atoms with Crippen LogP contribution in [0, 0.1) is 5.41 Å². The van der Waals surface area contributed by atoms with Crippen molar-refractivity contribution in [2.45, 2.75) is 45.1 Å². The molecule has 1 amide bonds. The summed E-state index contributed by atoms with van der Waals surface area (Å²) in [6.07, 6.45) is 3.58. The van der Waals surface area contributed by atoms with Gasteiger partial charge in [-0.25, -0.2) is 0 Å². The van der Waals surface area contributed by atoms with Crippen molar-refractivity contribution in [3.63, 3.8) is 0 Å². The molecular formula is C13H21NO4. The lowest BCUT2D eigenvalue weighted by Crippen LogP contribution is -2.53. The summed E-state index contributed by atoms with van der Waals surface area (Å²) in [7, 11) is 0. The SMILES string of the molecule is CCC1(C(=O)N2CCO[C@H](CC(=O)O)C2)CCC1. The van der Waals surface area contributed by atoms with Crippen LogP contribution in [0.15, 0.2) is 0 Å². The van der Waals surface area contributed by atoms with E-state index in [1.807, 2.05) is 0 Å². The lowest BCUT2D eigenvalue weighted by atomic mass is 9.66. The van der Waals surface area contributed by atoms with Crippen LogP contribution in [0.1, 0.15) is 39.0 Å². The highest BCUT2D eigenvalue weighted by atomic mass is 16.5. The number of hydrogen-bond donors (Lipinski definition) is 1. The average molecular weight is 255 g/mol. The molecule has 1 aliphatic carbocycles. The second kappa shape index (κ2) is 5.26. The molecule has 1 aliphatic heterocycles. The Morgan fingerprint density at radius 2 is 2.17 bits per heavy atom.